The number of benzene rings is 1. The number of thiol groups is 1. The average molecular weight is 210 g/mol. The quantitative estimate of drug-likeness (QED) is 0.745. The van der Waals surface area contributed by atoms with Crippen molar-refractivity contribution in [1.82, 2.24) is 4.98 Å². The summed E-state index contributed by atoms with van der Waals surface area (Å²) in [6.07, 6.45) is 0. The molecule has 2 aromatic rings. The van der Waals surface area contributed by atoms with Crippen LogP contribution in [0.25, 0.3) is 10.2 Å². The minimum absolute atomic E-state index is 0.910. The molecule has 0 unspecified atom stereocenters. The Labute approximate surface area is 86.4 Å². The first-order valence-electron chi connectivity index (χ1n) is 4.13. The lowest BCUT2D eigenvalue weighted by Crippen LogP contribution is -1.94. The predicted octanol–water partition coefficient (Wildman–Crippen LogP) is 3.02. The van der Waals surface area contributed by atoms with Crippen molar-refractivity contribution in [3.05, 3.63) is 18.2 Å². The summed E-state index contributed by atoms with van der Waals surface area (Å²) in [6.45, 7) is 2.98. The van der Waals surface area contributed by atoms with Gasteiger partial charge in [0.15, 0.2) is 5.13 Å². The Morgan fingerprint density at radius 3 is 3.15 bits per heavy atom. The highest BCUT2D eigenvalue weighted by Gasteiger charge is 2.01. The monoisotopic (exact) mass is 210 g/mol. The molecule has 1 N–H and O–H groups in total. The van der Waals surface area contributed by atoms with Crippen molar-refractivity contribution in [1.29, 1.82) is 0 Å². The normalized spacial score (nSPS) is 10.6. The van der Waals surface area contributed by atoms with Gasteiger partial charge in [-0.05, 0) is 25.1 Å². The topological polar surface area (TPSA) is 24.9 Å². The summed E-state index contributed by atoms with van der Waals surface area (Å²) in [5.74, 6) is 0. The Morgan fingerprint density at radius 1 is 1.54 bits per heavy atom. The molecule has 0 atom stereocenters. The number of hydrogen-bond donors (Lipinski definition) is 2. The Balaban J connectivity index is 2.49. The minimum atomic E-state index is 0.910. The number of thiazole rings is 1. The molecule has 1 heterocycles. The minimum Gasteiger partial charge on any atom is -0.362 e. The molecule has 0 bridgehead atoms. The van der Waals surface area contributed by atoms with Gasteiger partial charge in [0.2, 0.25) is 0 Å². The van der Waals surface area contributed by atoms with Crippen LogP contribution < -0.4 is 5.32 Å². The van der Waals surface area contributed by atoms with Crippen molar-refractivity contribution in [3.63, 3.8) is 0 Å². The van der Waals surface area contributed by atoms with Crippen molar-refractivity contribution in [2.24, 2.45) is 0 Å². The van der Waals surface area contributed by atoms with E-state index in [-0.39, 0.29) is 0 Å². The largest absolute Gasteiger partial charge is 0.362 e. The predicted molar refractivity (Wildman–Crippen MR) is 61.0 cm³/mol. The Morgan fingerprint density at radius 2 is 2.38 bits per heavy atom. The SMILES string of the molecule is CCNc1nc2ccc(S)cc2s1. The van der Waals surface area contributed by atoms with Crippen LogP contribution in [0.4, 0.5) is 5.13 Å². The number of anilines is 1. The molecular weight excluding hydrogens is 200 g/mol. The van der Waals surface area contributed by atoms with Crippen LogP contribution in [0.5, 0.6) is 0 Å². The van der Waals surface area contributed by atoms with E-state index >= 15 is 0 Å². The molecule has 2 rings (SSSR count). The molecule has 1 aromatic carbocycles. The fourth-order valence-corrected chi connectivity index (χ4v) is 2.40. The molecule has 0 radical (unpaired) electrons. The summed E-state index contributed by atoms with van der Waals surface area (Å²) < 4.78 is 1.18. The first kappa shape index (κ1) is 8.84. The van der Waals surface area contributed by atoms with E-state index in [0.717, 1.165) is 22.1 Å². The Kier molecular flexibility index (Phi) is 2.42. The van der Waals surface area contributed by atoms with Crippen LogP contribution in [0, 0.1) is 0 Å². The van der Waals surface area contributed by atoms with Gasteiger partial charge in [0.1, 0.15) is 0 Å². The van der Waals surface area contributed by atoms with Crippen LogP contribution >= 0.6 is 24.0 Å². The maximum atomic E-state index is 4.42. The molecule has 0 saturated carbocycles. The maximum Gasteiger partial charge on any atom is 0.183 e. The van der Waals surface area contributed by atoms with E-state index < -0.39 is 0 Å². The first-order chi connectivity index (χ1) is 6.29. The van der Waals surface area contributed by atoms with Gasteiger partial charge in [0, 0.05) is 11.4 Å². The second-order valence-corrected chi connectivity index (χ2v) is 4.25. The molecule has 13 heavy (non-hydrogen) atoms. The van der Waals surface area contributed by atoms with Gasteiger partial charge >= 0.3 is 0 Å². The molecule has 1 aromatic heterocycles. The molecule has 0 aliphatic carbocycles. The van der Waals surface area contributed by atoms with E-state index in [1.807, 2.05) is 18.2 Å². The lowest BCUT2D eigenvalue weighted by molar-refractivity contribution is 1.20. The molecule has 0 aliphatic heterocycles. The third-order valence-electron chi connectivity index (χ3n) is 1.70. The van der Waals surface area contributed by atoms with Crippen LogP contribution in [-0.4, -0.2) is 11.5 Å². The fraction of sp³-hybridized carbons (Fsp3) is 0.222. The van der Waals surface area contributed by atoms with Crippen LogP contribution in [0.15, 0.2) is 23.1 Å². The van der Waals surface area contributed by atoms with E-state index in [2.05, 4.69) is 29.9 Å². The van der Waals surface area contributed by atoms with Crippen molar-refractivity contribution < 1.29 is 0 Å². The highest BCUT2D eigenvalue weighted by Crippen LogP contribution is 2.27. The van der Waals surface area contributed by atoms with Gasteiger partial charge in [0.25, 0.3) is 0 Å². The van der Waals surface area contributed by atoms with Crippen molar-refractivity contribution in [3.8, 4) is 0 Å². The maximum absolute atomic E-state index is 4.42. The van der Waals surface area contributed by atoms with Gasteiger partial charge in [-0.15, -0.1) is 12.6 Å². The van der Waals surface area contributed by atoms with Gasteiger partial charge in [0.05, 0.1) is 10.2 Å². The molecule has 68 valence electrons. The summed E-state index contributed by atoms with van der Waals surface area (Å²) in [7, 11) is 0. The van der Waals surface area contributed by atoms with Gasteiger partial charge in [-0.25, -0.2) is 4.98 Å². The molecule has 4 heteroatoms. The van der Waals surface area contributed by atoms with E-state index in [4.69, 9.17) is 0 Å². The average Bonchev–Trinajstić information content (AvgIpc) is 2.46. The zero-order valence-electron chi connectivity index (χ0n) is 7.24. The van der Waals surface area contributed by atoms with Crippen LogP contribution in [0.2, 0.25) is 0 Å². The zero-order chi connectivity index (χ0) is 9.26. The Hall–Kier alpha value is -0.740. The highest BCUT2D eigenvalue weighted by atomic mass is 32.1. The van der Waals surface area contributed by atoms with Gasteiger partial charge in [-0.3, -0.25) is 0 Å². The van der Waals surface area contributed by atoms with Crippen molar-refractivity contribution in [2.75, 3.05) is 11.9 Å². The van der Waals surface area contributed by atoms with Gasteiger partial charge < -0.3 is 5.32 Å². The zero-order valence-corrected chi connectivity index (χ0v) is 8.95. The molecule has 0 amide bonds. The summed E-state index contributed by atoms with van der Waals surface area (Å²) in [4.78, 5) is 5.40. The van der Waals surface area contributed by atoms with Crippen molar-refractivity contribution >= 4 is 39.3 Å². The summed E-state index contributed by atoms with van der Waals surface area (Å²) in [6, 6.07) is 5.99. The number of rotatable bonds is 2. The van der Waals surface area contributed by atoms with E-state index in [1.54, 1.807) is 11.3 Å². The molecular formula is C9H10N2S2. The molecule has 0 saturated heterocycles. The van der Waals surface area contributed by atoms with E-state index in [0.29, 0.717) is 0 Å². The number of fused-ring (bicyclic) bond motifs is 1. The van der Waals surface area contributed by atoms with Crippen molar-refractivity contribution in [2.45, 2.75) is 11.8 Å². The number of aromatic nitrogens is 1. The Bertz CT molecular complexity index is 422. The number of nitrogens with zero attached hydrogens (tertiary/aromatic N) is 1. The molecule has 2 nitrogen and oxygen atoms in total. The van der Waals surface area contributed by atoms with Crippen LogP contribution in [-0.2, 0) is 0 Å². The summed E-state index contributed by atoms with van der Waals surface area (Å²) in [5.41, 5.74) is 1.04. The molecule has 0 spiro atoms. The third kappa shape index (κ3) is 1.78. The van der Waals surface area contributed by atoms with Crippen LogP contribution in [0.1, 0.15) is 6.92 Å². The summed E-state index contributed by atoms with van der Waals surface area (Å²) in [5, 5.41) is 4.18. The number of hydrogen-bond acceptors (Lipinski definition) is 4. The second kappa shape index (κ2) is 3.55. The summed E-state index contributed by atoms with van der Waals surface area (Å²) >= 11 is 5.95. The van der Waals surface area contributed by atoms with Gasteiger partial charge in [-0.1, -0.05) is 11.3 Å². The van der Waals surface area contributed by atoms with E-state index in [9.17, 15) is 0 Å². The smallest absolute Gasteiger partial charge is 0.183 e. The second-order valence-electron chi connectivity index (χ2n) is 2.70. The third-order valence-corrected chi connectivity index (χ3v) is 2.95. The highest BCUT2D eigenvalue weighted by molar-refractivity contribution is 7.80. The first-order valence-corrected chi connectivity index (χ1v) is 5.39. The fourth-order valence-electron chi connectivity index (χ4n) is 1.14. The standard InChI is InChI=1S/C9H10N2S2/c1-2-10-9-11-7-4-3-6(12)5-8(7)13-9/h3-5,12H,2H2,1H3,(H,10,11). The molecule has 0 fully saturated rings. The van der Waals surface area contributed by atoms with Crippen LogP contribution in [0.3, 0.4) is 0 Å². The van der Waals surface area contributed by atoms with E-state index in [1.165, 1.54) is 4.70 Å². The number of nitrogens with one attached hydrogen (secondary N) is 1. The lowest BCUT2D eigenvalue weighted by atomic mass is 10.3. The lowest BCUT2D eigenvalue weighted by Gasteiger charge is -1.91. The molecule has 0 aliphatic rings. The van der Waals surface area contributed by atoms with Gasteiger partial charge in [-0.2, -0.15) is 0 Å².